The number of hydrogen-bond acceptors (Lipinski definition) is 5. The Kier molecular flexibility index (Phi) is 4.24. The first-order chi connectivity index (χ1) is 12.6. The van der Waals surface area contributed by atoms with Gasteiger partial charge in [0.15, 0.2) is 0 Å². The van der Waals surface area contributed by atoms with Gasteiger partial charge < -0.3 is 10.1 Å². The lowest BCUT2D eigenvalue weighted by molar-refractivity contribution is 0.0952. The van der Waals surface area contributed by atoms with Gasteiger partial charge in [0, 0.05) is 17.5 Å². The van der Waals surface area contributed by atoms with E-state index in [9.17, 15) is 9.59 Å². The molecular weight excluding hydrogens is 350 g/mol. The van der Waals surface area contributed by atoms with E-state index in [1.54, 1.807) is 18.0 Å². The Bertz CT molecular complexity index is 1030. The number of hydrogen-bond donors (Lipinski definition) is 1. The van der Waals surface area contributed by atoms with E-state index in [4.69, 9.17) is 4.74 Å². The maximum Gasteiger partial charge on any atom is 0.271 e. The summed E-state index contributed by atoms with van der Waals surface area (Å²) in [5.74, 6) is 0.566. The number of carbonyl (C=O) groups is 1. The number of carbonyl (C=O) groups excluding carboxylic acids is 1. The molecule has 0 atom stereocenters. The zero-order chi connectivity index (χ0) is 18.3. The molecule has 1 aromatic carbocycles. The van der Waals surface area contributed by atoms with Gasteiger partial charge in [0.25, 0.3) is 11.5 Å². The average Bonchev–Trinajstić information content (AvgIpc) is 3.43. The summed E-state index contributed by atoms with van der Waals surface area (Å²) in [4.78, 5) is 30.6. The van der Waals surface area contributed by atoms with Crippen LogP contribution >= 0.6 is 11.3 Å². The zero-order valence-corrected chi connectivity index (χ0v) is 15.4. The normalized spacial score (nSPS) is 13.8. The molecule has 0 radical (unpaired) electrons. The fourth-order valence-electron chi connectivity index (χ4n) is 2.98. The van der Waals surface area contributed by atoms with Crippen LogP contribution < -0.4 is 15.6 Å². The third-order valence-corrected chi connectivity index (χ3v) is 5.66. The number of thiophene rings is 1. The van der Waals surface area contributed by atoms with Crippen molar-refractivity contribution in [3.05, 3.63) is 57.0 Å². The number of rotatable bonds is 5. The summed E-state index contributed by atoms with van der Waals surface area (Å²) >= 11 is 1.35. The summed E-state index contributed by atoms with van der Waals surface area (Å²) in [6.07, 6.45) is 3.62. The monoisotopic (exact) mass is 369 g/mol. The van der Waals surface area contributed by atoms with Crippen molar-refractivity contribution in [3.63, 3.8) is 0 Å². The lowest BCUT2D eigenvalue weighted by Gasteiger charge is -2.07. The third kappa shape index (κ3) is 2.99. The molecule has 1 amide bonds. The number of methoxy groups -OCH3 is 1. The van der Waals surface area contributed by atoms with E-state index in [0.29, 0.717) is 22.3 Å². The van der Waals surface area contributed by atoms with Gasteiger partial charge in [-0.3, -0.25) is 14.2 Å². The highest BCUT2D eigenvalue weighted by molar-refractivity contribution is 7.19. The highest BCUT2D eigenvalue weighted by Crippen LogP contribution is 2.34. The minimum Gasteiger partial charge on any atom is -0.497 e. The van der Waals surface area contributed by atoms with Gasteiger partial charge in [0.05, 0.1) is 19.0 Å². The summed E-state index contributed by atoms with van der Waals surface area (Å²) in [6, 6.07) is 7.80. The molecule has 7 heteroatoms. The topological polar surface area (TPSA) is 73.2 Å². The fraction of sp³-hybridized carbons (Fsp3) is 0.316. The van der Waals surface area contributed by atoms with Crippen LogP contribution in [0.15, 0.2) is 35.4 Å². The molecule has 0 unspecified atom stereocenters. The molecule has 0 saturated heterocycles. The number of ether oxygens (including phenoxy) is 1. The summed E-state index contributed by atoms with van der Waals surface area (Å²) in [6.45, 7) is 2.26. The van der Waals surface area contributed by atoms with Crippen LogP contribution in [0, 0.1) is 6.92 Å². The third-order valence-electron chi connectivity index (χ3n) is 4.58. The van der Waals surface area contributed by atoms with Crippen molar-refractivity contribution in [2.75, 3.05) is 7.11 Å². The zero-order valence-electron chi connectivity index (χ0n) is 14.6. The van der Waals surface area contributed by atoms with Gasteiger partial charge in [-0.05, 0) is 37.5 Å². The van der Waals surface area contributed by atoms with Crippen molar-refractivity contribution < 1.29 is 9.53 Å². The quantitative estimate of drug-likeness (QED) is 0.750. The predicted molar refractivity (Wildman–Crippen MR) is 101 cm³/mol. The molecule has 3 aromatic rings. The van der Waals surface area contributed by atoms with Crippen molar-refractivity contribution in [2.24, 2.45) is 0 Å². The van der Waals surface area contributed by atoms with Crippen LogP contribution in [0.1, 0.15) is 39.7 Å². The van der Waals surface area contributed by atoms with E-state index in [-0.39, 0.29) is 17.5 Å². The van der Waals surface area contributed by atoms with Crippen molar-refractivity contribution in [1.82, 2.24) is 14.9 Å². The first-order valence-corrected chi connectivity index (χ1v) is 9.31. The molecule has 1 fully saturated rings. The molecule has 1 aliphatic rings. The molecule has 6 nitrogen and oxygen atoms in total. The molecule has 1 aliphatic carbocycles. The molecule has 2 heterocycles. The number of aromatic nitrogens is 2. The Morgan fingerprint density at radius 2 is 2.08 bits per heavy atom. The molecule has 0 aliphatic heterocycles. The van der Waals surface area contributed by atoms with Gasteiger partial charge in [-0.1, -0.05) is 12.1 Å². The van der Waals surface area contributed by atoms with Gasteiger partial charge in [0.1, 0.15) is 16.0 Å². The van der Waals surface area contributed by atoms with E-state index >= 15 is 0 Å². The van der Waals surface area contributed by atoms with Crippen molar-refractivity contribution in [3.8, 4) is 5.75 Å². The Morgan fingerprint density at radius 1 is 1.35 bits per heavy atom. The number of nitrogens with zero attached hydrogens (tertiary/aromatic N) is 2. The molecule has 2 aromatic heterocycles. The average molecular weight is 369 g/mol. The molecule has 4 rings (SSSR count). The Balaban J connectivity index is 1.59. The predicted octanol–water partition coefficient (Wildman–Crippen LogP) is 3.04. The van der Waals surface area contributed by atoms with E-state index in [0.717, 1.165) is 29.0 Å². The summed E-state index contributed by atoms with van der Waals surface area (Å²) < 4.78 is 7.39. The van der Waals surface area contributed by atoms with Crippen molar-refractivity contribution in [1.29, 1.82) is 0 Å². The first kappa shape index (κ1) is 16.8. The molecule has 0 bridgehead atoms. The van der Waals surface area contributed by atoms with Crippen LogP contribution in [-0.2, 0) is 6.54 Å². The lowest BCUT2D eigenvalue weighted by Crippen LogP contribution is -2.24. The van der Waals surface area contributed by atoms with E-state index in [2.05, 4.69) is 10.3 Å². The van der Waals surface area contributed by atoms with Gasteiger partial charge in [-0.2, -0.15) is 0 Å². The van der Waals surface area contributed by atoms with Gasteiger partial charge in [0.2, 0.25) is 0 Å². The van der Waals surface area contributed by atoms with Gasteiger partial charge in [-0.15, -0.1) is 11.3 Å². The van der Waals surface area contributed by atoms with Crippen LogP contribution in [-0.4, -0.2) is 22.6 Å². The summed E-state index contributed by atoms with van der Waals surface area (Å²) in [5, 5.41) is 2.92. The van der Waals surface area contributed by atoms with Crippen LogP contribution in [0.2, 0.25) is 0 Å². The summed E-state index contributed by atoms with van der Waals surface area (Å²) in [5.41, 5.74) is 1.93. The second-order valence-electron chi connectivity index (χ2n) is 6.43. The number of aryl methyl sites for hydroxylation is 1. The standard InChI is InChI=1S/C19H19N3O3S/c1-11-15(18(23)20-9-12-3-7-14(25-2)8-4-12)16-17(26-11)19(24)22(10-21-16)13-5-6-13/h3-4,7-8,10,13H,5-6,9H2,1-2H3,(H,20,23). The molecule has 26 heavy (non-hydrogen) atoms. The highest BCUT2D eigenvalue weighted by atomic mass is 32.1. The maximum absolute atomic E-state index is 12.7. The second kappa shape index (κ2) is 6.57. The molecular formula is C19H19N3O3S. The SMILES string of the molecule is COc1ccc(CNC(=O)c2c(C)sc3c(=O)n(C4CC4)cnc23)cc1. The highest BCUT2D eigenvalue weighted by Gasteiger charge is 2.27. The molecule has 1 saturated carbocycles. The Morgan fingerprint density at radius 3 is 2.73 bits per heavy atom. The molecule has 0 spiro atoms. The second-order valence-corrected chi connectivity index (χ2v) is 7.65. The fourth-order valence-corrected chi connectivity index (χ4v) is 4.03. The number of benzene rings is 1. The Hall–Kier alpha value is -2.67. The van der Waals surface area contributed by atoms with E-state index < -0.39 is 0 Å². The van der Waals surface area contributed by atoms with Gasteiger partial charge >= 0.3 is 0 Å². The Labute approximate surface area is 154 Å². The lowest BCUT2D eigenvalue weighted by atomic mass is 10.2. The number of nitrogens with one attached hydrogen (secondary N) is 1. The van der Waals surface area contributed by atoms with Gasteiger partial charge in [-0.25, -0.2) is 4.98 Å². The minimum absolute atomic E-state index is 0.0418. The van der Waals surface area contributed by atoms with Crippen LogP contribution in [0.3, 0.4) is 0 Å². The van der Waals surface area contributed by atoms with Crippen LogP contribution in [0.25, 0.3) is 10.2 Å². The smallest absolute Gasteiger partial charge is 0.271 e. The maximum atomic E-state index is 12.7. The van der Waals surface area contributed by atoms with E-state index in [1.165, 1.54) is 11.3 Å². The number of fused-ring (bicyclic) bond motifs is 1. The largest absolute Gasteiger partial charge is 0.497 e. The van der Waals surface area contributed by atoms with Crippen molar-refractivity contribution in [2.45, 2.75) is 32.4 Å². The van der Waals surface area contributed by atoms with Crippen LogP contribution in [0.5, 0.6) is 5.75 Å². The first-order valence-electron chi connectivity index (χ1n) is 8.50. The number of amides is 1. The van der Waals surface area contributed by atoms with Crippen molar-refractivity contribution >= 4 is 27.5 Å². The van der Waals surface area contributed by atoms with Crippen LogP contribution in [0.4, 0.5) is 0 Å². The van der Waals surface area contributed by atoms with E-state index in [1.807, 2.05) is 31.2 Å². The minimum atomic E-state index is -0.208. The molecule has 1 N–H and O–H groups in total. The summed E-state index contributed by atoms with van der Waals surface area (Å²) in [7, 11) is 1.62. The molecule has 134 valence electrons.